The van der Waals surface area contributed by atoms with Gasteiger partial charge >= 0.3 is 0 Å². The zero-order valence-electron chi connectivity index (χ0n) is 15.3. The van der Waals surface area contributed by atoms with Gasteiger partial charge in [0.25, 0.3) is 5.56 Å². The number of carbonyl (C=O) groups is 1. The zero-order valence-corrected chi connectivity index (χ0v) is 16.8. The van der Waals surface area contributed by atoms with Crippen molar-refractivity contribution >= 4 is 38.0 Å². The molecule has 3 aromatic rings. The Balaban J connectivity index is 1.56. The molecule has 1 fully saturated rings. The summed E-state index contributed by atoms with van der Waals surface area (Å²) < 4.78 is 34.1. The lowest BCUT2D eigenvalue weighted by Gasteiger charge is -2.24. The zero-order chi connectivity index (χ0) is 20.8. The molecule has 9 nitrogen and oxygen atoms in total. The first-order chi connectivity index (χ1) is 13.6. The summed E-state index contributed by atoms with van der Waals surface area (Å²) in [7, 11) is -4.62. The standard InChI is InChI=1S/C18H19ClN4O5S/c19-13-3-1-12(2-4-13)7-15(24)9-22-11-20-17-16(18(22)25)8-21-23(17)14-5-6-29(26,27,28)10-14/h1-4,8,11,14H,5-7,9-10H2,(H2,26,27,28). The number of benzene rings is 1. The highest BCUT2D eigenvalue weighted by molar-refractivity contribution is 8.10. The van der Waals surface area contributed by atoms with Gasteiger partial charge in [-0.15, -0.1) is 0 Å². The highest BCUT2D eigenvalue weighted by Gasteiger charge is 2.42. The van der Waals surface area contributed by atoms with Crippen LogP contribution in [0.2, 0.25) is 5.02 Å². The van der Waals surface area contributed by atoms with Crippen LogP contribution >= 0.6 is 11.6 Å². The third-order valence-corrected chi connectivity index (χ3v) is 7.34. The Kier molecular flexibility index (Phi) is 4.69. The molecule has 0 radical (unpaired) electrons. The molecule has 29 heavy (non-hydrogen) atoms. The van der Waals surface area contributed by atoms with E-state index in [0.717, 1.165) is 5.56 Å². The van der Waals surface area contributed by atoms with E-state index in [-0.39, 0.29) is 47.7 Å². The van der Waals surface area contributed by atoms with E-state index in [1.54, 1.807) is 24.3 Å². The van der Waals surface area contributed by atoms with Crippen molar-refractivity contribution in [3.63, 3.8) is 0 Å². The predicted molar refractivity (Wildman–Crippen MR) is 109 cm³/mol. The lowest BCUT2D eigenvalue weighted by molar-refractivity contribution is -0.119. The van der Waals surface area contributed by atoms with Gasteiger partial charge in [0.05, 0.1) is 34.2 Å². The first-order valence-electron chi connectivity index (χ1n) is 8.91. The molecule has 1 atom stereocenters. The molecular weight excluding hydrogens is 420 g/mol. The van der Waals surface area contributed by atoms with Crippen molar-refractivity contribution in [1.82, 2.24) is 19.3 Å². The van der Waals surface area contributed by atoms with E-state index in [0.29, 0.717) is 5.02 Å². The lowest BCUT2D eigenvalue weighted by atomic mass is 10.1. The van der Waals surface area contributed by atoms with E-state index < -0.39 is 21.2 Å². The van der Waals surface area contributed by atoms with E-state index >= 15 is 0 Å². The molecule has 0 aliphatic carbocycles. The SMILES string of the molecule is O=C(Cc1ccc(Cl)cc1)Cn1cnc2c(cnn2C2CCS(=O)(O)(O)C2)c1=O. The quantitative estimate of drug-likeness (QED) is 0.621. The summed E-state index contributed by atoms with van der Waals surface area (Å²) in [5, 5.41) is 4.92. The van der Waals surface area contributed by atoms with Crippen LogP contribution in [0.5, 0.6) is 0 Å². The molecule has 0 saturated carbocycles. The van der Waals surface area contributed by atoms with Crippen LogP contribution in [-0.2, 0) is 27.4 Å². The molecule has 2 aromatic heterocycles. The van der Waals surface area contributed by atoms with E-state index in [4.69, 9.17) is 11.6 Å². The molecule has 4 rings (SSSR count). The third-order valence-electron chi connectivity index (χ3n) is 4.98. The maximum atomic E-state index is 12.7. The minimum absolute atomic E-state index is 0.137. The van der Waals surface area contributed by atoms with E-state index in [1.165, 1.54) is 21.8 Å². The Labute approximate surface area is 170 Å². The third kappa shape index (κ3) is 4.15. The van der Waals surface area contributed by atoms with Gasteiger partial charge in [-0.25, -0.2) is 13.9 Å². The Bertz CT molecular complexity index is 1230. The second kappa shape index (κ2) is 6.84. The smallest absolute Gasteiger partial charge is 0.264 e. The molecule has 0 bridgehead atoms. The Morgan fingerprint density at radius 2 is 2.00 bits per heavy atom. The molecule has 1 unspecified atom stereocenters. The van der Waals surface area contributed by atoms with Crippen molar-refractivity contribution in [1.29, 1.82) is 0 Å². The first-order valence-corrected chi connectivity index (χ1v) is 11.5. The van der Waals surface area contributed by atoms with Crippen molar-refractivity contribution in [3.8, 4) is 0 Å². The van der Waals surface area contributed by atoms with Gasteiger partial charge in [0, 0.05) is 17.2 Å². The largest absolute Gasteiger partial charge is 0.308 e. The fourth-order valence-electron chi connectivity index (χ4n) is 3.54. The average molecular weight is 439 g/mol. The van der Waals surface area contributed by atoms with Crippen LogP contribution in [0.4, 0.5) is 0 Å². The molecule has 0 amide bonds. The summed E-state index contributed by atoms with van der Waals surface area (Å²) >= 11 is 5.84. The van der Waals surface area contributed by atoms with Crippen molar-refractivity contribution < 1.29 is 18.1 Å². The summed E-state index contributed by atoms with van der Waals surface area (Å²) in [4.78, 5) is 29.3. The molecule has 1 saturated heterocycles. The van der Waals surface area contributed by atoms with Gasteiger partial charge in [-0.2, -0.15) is 5.10 Å². The van der Waals surface area contributed by atoms with Crippen LogP contribution in [0.25, 0.3) is 11.0 Å². The van der Waals surface area contributed by atoms with Crippen LogP contribution in [0.1, 0.15) is 18.0 Å². The van der Waals surface area contributed by atoms with Gasteiger partial charge in [0.2, 0.25) is 0 Å². The summed E-state index contributed by atoms with van der Waals surface area (Å²) in [5.41, 5.74) is 0.627. The number of Topliss-reactive ketones (excluding diaryl/α,β-unsaturated/α-hetero) is 1. The second-order valence-corrected chi connectivity index (χ2v) is 10.9. The second-order valence-electron chi connectivity index (χ2n) is 7.35. The van der Waals surface area contributed by atoms with Crippen LogP contribution < -0.4 is 5.56 Å². The van der Waals surface area contributed by atoms with Crippen molar-refractivity contribution in [2.75, 3.05) is 11.5 Å². The topological polar surface area (TPSA) is 127 Å². The van der Waals surface area contributed by atoms with Crippen LogP contribution in [-0.4, -0.2) is 49.9 Å². The Morgan fingerprint density at radius 1 is 1.28 bits per heavy atom. The van der Waals surface area contributed by atoms with E-state index in [1.807, 2.05) is 0 Å². The number of halogens is 1. The highest BCUT2D eigenvalue weighted by atomic mass is 35.5. The molecule has 2 N–H and O–H groups in total. The monoisotopic (exact) mass is 438 g/mol. The normalized spacial score (nSPS) is 21.6. The Hall–Kier alpha value is -2.40. The highest BCUT2D eigenvalue weighted by Crippen LogP contribution is 2.35. The molecule has 1 aliphatic rings. The average Bonchev–Trinajstić information content (AvgIpc) is 3.20. The number of ketones is 1. The van der Waals surface area contributed by atoms with Gasteiger partial charge in [-0.05, 0) is 24.1 Å². The fourth-order valence-corrected chi connectivity index (χ4v) is 5.66. The molecule has 0 spiro atoms. The van der Waals surface area contributed by atoms with Gasteiger partial charge < -0.3 is 9.11 Å². The predicted octanol–water partition coefficient (Wildman–Crippen LogP) is 1.77. The Morgan fingerprint density at radius 3 is 2.66 bits per heavy atom. The number of aromatic nitrogens is 4. The van der Waals surface area contributed by atoms with Crippen LogP contribution in [0, 0.1) is 0 Å². The summed E-state index contributed by atoms with van der Waals surface area (Å²) in [6, 6.07) is 6.37. The fraction of sp³-hybridized carbons (Fsp3) is 0.333. The minimum Gasteiger partial charge on any atom is -0.308 e. The van der Waals surface area contributed by atoms with Gasteiger partial charge in [0.15, 0.2) is 11.4 Å². The number of hydrogen-bond acceptors (Lipinski definition) is 5. The molecule has 3 heterocycles. The summed E-state index contributed by atoms with van der Waals surface area (Å²) in [6.45, 7) is -0.137. The number of fused-ring (bicyclic) bond motifs is 1. The molecule has 1 aromatic carbocycles. The molecular formula is C18H19ClN4O5S. The van der Waals surface area contributed by atoms with Crippen molar-refractivity contribution in [2.24, 2.45) is 0 Å². The van der Waals surface area contributed by atoms with Crippen LogP contribution in [0.15, 0.2) is 41.6 Å². The minimum atomic E-state index is -4.62. The molecule has 1 aliphatic heterocycles. The lowest BCUT2D eigenvalue weighted by Crippen LogP contribution is -2.34. The number of carbonyl (C=O) groups excluding carboxylic acids is 1. The van der Waals surface area contributed by atoms with Gasteiger partial charge in [0.1, 0.15) is 11.7 Å². The van der Waals surface area contributed by atoms with E-state index in [2.05, 4.69) is 10.1 Å². The summed E-state index contributed by atoms with van der Waals surface area (Å²) in [6.07, 6.45) is 3.01. The summed E-state index contributed by atoms with van der Waals surface area (Å²) in [5.74, 6) is -0.750. The van der Waals surface area contributed by atoms with Crippen LogP contribution in [0.3, 0.4) is 0 Å². The maximum absolute atomic E-state index is 12.7. The number of hydrogen-bond donors (Lipinski definition) is 2. The number of rotatable bonds is 5. The van der Waals surface area contributed by atoms with E-state index in [9.17, 15) is 22.9 Å². The van der Waals surface area contributed by atoms with Crippen molar-refractivity contribution in [2.45, 2.75) is 25.4 Å². The first kappa shape index (κ1) is 19.9. The van der Waals surface area contributed by atoms with Gasteiger partial charge in [-0.3, -0.25) is 14.2 Å². The number of nitrogens with zero attached hydrogens (tertiary/aromatic N) is 4. The maximum Gasteiger partial charge on any atom is 0.264 e. The van der Waals surface area contributed by atoms with Crippen molar-refractivity contribution in [3.05, 3.63) is 57.7 Å². The molecule has 11 heteroatoms. The van der Waals surface area contributed by atoms with Gasteiger partial charge in [-0.1, -0.05) is 23.7 Å². The molecule has 154 valence electrons.